The van der Waals surface area contributed by atoms with Crippen molar-refractivity contribution in [3.63, 3.8) is 0 Å². The van der Waals surface area contributed by atoms with E-state index in [1.807, 2.05) is 29.6 Å². The highest BCUT2D eigenvalue weighted by molar-refractivity contribution is 7.09. The predicted molar refractivity (Wildman–Crippen MR) is 125 cm³/mol. The average Bonchev–Trinajstić information content (AvgIpc) is 3.50. The standard InChI is InChI=1S/C24H29N5O2S/c30-22(25-14-21-26-18-8-4-5-9-19(18)27-21)20-15-32-23(28-20)16-10-12-29(13-11-16)24(31)17-6-2-1-3-7-17/h4-5,8-9,15-17H,1-3,6-7,10-14H2,(H,25,30)(H,26,27). The van der Waals surface area contributed by atoms with Crippen LogP contribution >= 0.6 is 11.3 Å². The molecule has 1 aromatic carbocycles. The molecular formula is C24H29N5O2S. The van der Waals surface area contributed by atoms with Crippen molar-refractivity contribution in [2.45, 2.75) is 57.4 Å². The molecule has 168 valence electrons. The SMILES string of the molecule is O=C(NCc1nc2ccccc2[nH]1)c1csc(C2CCN(C(=O)C3CCCCC3)CC2)n1. The first-order chi connectivity index (χ1) is 15.7. The Morgan fingerprint density at radius 2 is 1.84 bits per heavy atom. The number of carbonyl (C=O) groups is 2. The van der Waals surface area contributed by atoms with Gasteiger partial charge in [-0.2, -0.15) is 0 Å². The van der Waals surface area contributed by atoms with Gasteiger partial charge in [-0.3, -0.25) is 9.59 Å². The van der Waals surface area contributed by atoms with Gasteiger partial charge in [-0.05, 0) is 37.8 Å². The van der Waals surface area contributed by atoms with Gasteiger partial charge < -0.3 is 15.2 Å². The second kappa shape index (κ2) is 9.40. The summed E-state index contributed by atoms with van der Waals surface area (Å²) in [5.74, 6) is 1.46. The summed E-state index contributed by atoms with van der Waals surface area (Å²) in [6.07, 6.45) is 7.60. The molecule has 32 heavy (non-hydrogen) atoms. The minimum absolute atomic E-state index is 0.183. The molecule has 0 bridgehead atoms. The molecular weight excluding hydrogens is 422 g/mol. The van der Waals surface area contributed by atoms with E-state index in [0.29, 0.717) is 24.1 Å². The molecule has 2 amide bonds. The molecule has 2 fully saturated rings. The van der Waals surface area contributed by atoms with Gasteiger partial charge in [0.25, 0.3) is 5.91 Å². The van der Waals surface area contributed by atoms with E-state index in [-0.39, 0.29) is 11.8 Å². The van der Waals surface area contributed by atoms with E-state index >= 15 is 0 Å². The zero-order valence-electron chi connectivity index (χ0n) is 18.2. The van der Waals surface area contributed by atoms with Crippen molar-refractivity contribution in [1.82, 2.24) is 25.2 Å². The second-order valence-electron chi connectivity index (χ2n) is 8.89. The number of carbonyl (C=O) groups excluding carboxylic acids is 2. The van der Waals surface area contributed by atoms with Gasteiger partial charge in [0, 0.05) is 30.3 Å². The van der Waals surface area contributed by atoms with Crippen LogP contribution in [0.2, 0.25) is 0 Å². The van der Waals surface area contributed by atoms with E-state index in [1.54, 1.807) is 11.3 Å². The van der Waals surface area contributed by atoms with Crippen molar-refractivity contribution in [2.75, 3.05) is 13.1 Å². The van der Waals surface area contributed by atoms with Gasteiger partial charge >= 0.3 is 0 Å². The van der Waals surface area contributed by atoms with Crippen LogP contribution in [0.4, 0.5) is 0 Å². The van der Waals surface area contributed by atoms with Crippen LogP contribution in [0.3, 0.4) is 0 Å². The average molecular weight is 452 g/mol. The number of piperidine rings is 1. The number of aromatic amines is 1. The van der Waals surface area contributed by atoms with Crippen LogP contribution in [0, 0.1) is 5.92 Å². The van der Waals surface area contributed by atoms with E-state index in [2.05, 4.69) is 25.2 Å². The van der Waals surface area contributed by atoms with Gasteiger partial charge in [0.1, 0.15) is 11.5 Å². The summed E-state index contributed by atoms with van der Waals surface area (Å²) in [5.41, 5.74) is 2.31. The Morgan fingerprint density at radius 3 is 2.62 bits per heavy atom. The Hall–Kier alpha value is -2.74. The molecule has 1 aliphatic heterocycles. The van der Waals surface area contributed by atoms with Crippen molar-refractivity contribution in [1.29, 1.82) is 0 Å². The first-order valence-electron chi connectivity index (χ1n) is 11.6. The summed E-state index contributed by atoms with van der Waals surface area (Å²) in [4.78, 5) is 39.8. The topological polar surface area (TPSA) is 91.0 Å². The maximum atomic E-state index is 12.8. The molecule has 0 unspecified atom stereocenters. The summed E-state index contributed by atoms with van der Waals surface area (Å²) in [6, 6.07) is 7.81. The lowest BCUT2D eigenvalue weighted by Crippen LogP contribution is -2.41. The van der Waals surface area contributed by atoms with Crippen molar-refractivity contribution >= 4 is 34.2 Å². The molecule has 1 aliphatic carbocycles. The third-order valence-electron chi connectivity index (χ3n) is 6.72. The lowest BCUT2D eigenvalue weighted by molar-refractivity contribution is -0.137. The number of amides is 2. The molecule has 2 N–H and O–H groups in total. The Labute approximate surface area is 191 Å². The van der Waals surface area contributed by atoms with Crippen LogP contribution in [-0.2, 0) is 11.3 Å². The lowest BCUT2D eigenvalue weighted by atomic mass is 9.87. The van der Waals surface area contributed by atoms with Gasteiger partial charge in [-0.1, -0.05) is 31.4 Å². The highest BCUT2D eigenvalue weighted by Gasteiger charge is 2.30. The molecule has 8 heteroatoms. The Morgan fingerprint density at radius 1 is 1.06 bits per heavy atom. The fourth-order valence-corrected chi connectivity index (χ4v) is 5.85. The maximum absolute atomic E-state index is 12.8. The molecule has 5 rings (SSSR count). The summed E-state index contributed by atoms with van der Waals surface area (Å²) >= 11 is 1.55. The third-order valence-corrected chi connectivity index (χ3v) is 7.73. The van der Waals surface area contributed by atoms with E-state index in [0.717, 1.165) is 60.6 Å². The number of aromatic nitrogens is 3. The van der Waals surface area contributed by atoms with Crippen molar-refractivity contribution in [3.8, 4) is 0 Å². The van der Waals surface area contributed by atoms with E-state index < -0.39 is 0 Å². The number of H-pyrrole nitrogens is 1. The van der Waals surface area contributed by atoms with Crippen molar-refractivity contribution in [2.24, 2.45) is 5.92 Å². The summed E-state index contributed by atoms with van der Waals surface area (Å²) < 4.78 is 0. The first kappa shape index (κ1) is 21.1. The van der Waals surface area contributed by atoms with Crippen LogP contribution in [0.1, 0.15) is 72.2 Å². The molecule has 3 heterocycles. The summed E-state index contributed by atoms with van der Waals surface area (Å²) in [5, 5.41) is 5.75. The number of hydrogen-bond acceptors (Lipinski definition) is 5. The number of nitrogens with one attached hydrogen (secondary N) is 2. The van der Waals surface area contributed by atoms with Crippen LogP contribution in [-0.4, -0.2) is 44.8 Å². The Bertz CT molecular complexity index is 1060. The quantitative estimate of drug-likeness (QED) is 0.607. The van der Waals surface area contributed by atoms with Gasteiger partial charge in [-0.25, -0.2) is 9.97 Å². The highest BCUT2D eigenvalue weighted by atomic mass is 32.1. The number of para-hydroxylation sites is 2. The van der Waals surface area contributed by atoms with Gasteiger partial charge in [0.2, 0.25) is 5.91 Å². The fraction of sp³-hybridized carbons (Fsp3) is 0.500. The van der Waals surface area contributed by atoms with Gasteiger partial charge in [0.15, 0.2) is 0 Å². The molecule has 0 radical (unpaired) electrons. The number of nitrogens with zero attached hydrogens (tertiary/aromatic N) is 3. The third kappa shape index (κ3) is 4.55. The number of fused-ring (bicyclic) bond motifs is 1. The monoisotopic (exact) mass is 451 g/mol. The predicted octanol–water partition coefficient (Wildman–Crippen LogP) is 4.24. The zero-order chi connectivity index (χ0) is 21.9. The smallest absolute Gasteiger partial charge is 0.271 e. The minimum atomic E-state index is -0.183. The fourth-order valence-electron chi connectivity index (χ4n) is 4.88. The second-order valence-corrected chi connectivity index (χ2v) is 9.78. The molecule has 1 saturated heterocycles. The first-order valence-corrected chi connectivity index (χ1v) is 12.5. The number of rotatable bonds is 5. The Balaban J connectivity index is 1.13. The number of hydrogen-bond donors (Lipinski definition) is 2. The summed E-state index contributed by atoms with van der Waals surface area (Å²) in [6.45, 7) is 1.93. The molecule has 0 atom stereocenters. The Kier molecular flexibility index (Phi) is 6.21. The number of likely N-dealkylation sites (tertiary alicyclic amines) is 1. The highest BCUT2D eigenvalue weighted by Crippen LogP contribution is 2.32. The van der Waals surface area contributed by atoms with Crippen LogP contribution in [0.25, 0.3) is 11.0 Å². The van der Waals surface area contributed by atoms with Crippen molar-refractivity contribution in [3.05, 3.63) is 46.2 Å². The zero-order valence-corrected chi connectivity index (χ0v) is 19.0. The van der Waals surface area contributed by atoms with Gasteiger partial charge in [-0.15, -0.1) is 11.3 Å². The summed E-state index contributed by atoms with van der Waals surface area (Å²) in [7, 11) is 0. The molecule has 1 saturated carbocycles. The lowest BCUT2D eigenvalue weighted by Gasteiger charge is -2.34. The largest absolute Gasteiger partial charge is 0.343 e. The minimum Gasteiger partial charge on any atom is -0.343 e. The number of benzene rings is 1. The van der Waals surface area contributed by atoms with Crippen LogP contribution < -0.4 is 5.32 Å². The van der Waals surface area contributed by atoms with E-state index in [4.69, 9.17) is 0 Å². The maximum Gasteiger partial charge on any atom is 0.271 e. The molecule has 2 aromatic heterocycles. The van der Waals surface area contributed by atoms with Crippen LogP contribution in [0.15, 0.2) is 29.6 Å². The number of imidazole rings is 1. The molecule has 0 spiro atoms. The van der Waals surface area contributed by atoms with Crippen molar-refractivity contribution < 1.29 is 9.59 Å². The molecule has 7 nitrogen and oxygen atoms in total. The molecule has 2 aliphatic rings. The van der Waals surface area contributed by atoms with E-state index in [1.165, 1.54) is 19.3 Å². The van der Waals surface area contributed by atoms with E-state index in [9.17, 15) is 9.59 Å². The molecule has 3 aromatic rings. The normalized spacial score (nSPS) is 18.2. The van der Waals surface area contributed by atoms with Gasteiger partial charge in [0.05, 0.1) is 22.6 Å². The number of thiazole rings is 1. The van der Waals surface area contributed by atoms with Crippen LogP contribution in [0.5, 0.6) is 0 Å².